The maximum Gasteiger partial charge on any atom is 0.325 e. The summed E-state index contributed by atoms with van der Waals surface area (Å²) < 4.78 is 10.6. The second-order valence-corrected chi connectivity index (χ2v) is 5.62. The van der Waals surface area contributed by atoms with Gasteiger partial charge in [0.05, 0.1) is 19.0 Å². The van der Waals surface area contributed by atoms with Crippen LogP contribution in [0.4, 0.5) is 0 Å². The Morgan fingerprint density at radius 1 is 1.55 bits per heavy atom. The number of rotatable bonds is 8. The average Bonchev–Trinajstić information content (AvgIpc) is 2.54. The fourth-order valence-electron chi connectivity index (χ4n) is 1.94. The molecular weight excluding hydrogens is 331 g/mol. The van der Waals surface area contributed by atoms with Gasteiger partial charge in [0.15, 0.2) is 0 Å². The van der Waals surface area contributed by atoms with Crippen LogP contribution < -0.4 is 5.73 Å². The van der Waals surface area contributed by atoms with Crippen LogP contribution in [-0.2, 0) is 14.3 Å². The number of hydrogen-bond acceptors (Lipinski definition) is 5. The summed E-state index contributed by atoms with van der Waals surface area (Å²) in [7, 11) is 0. The molecule has 0 saturated carbocycles. The monoisotopic (exact) mass is 350 g/mol. The molecule has 3 atom stereocenters. The molecule has 1 aliphatic carbocycles. The van der Waals surface area contributed by atoms with Gasteiger partial charge in [-0.15, -0.1) is 23.2 Å². The molecule has 0 amide bonds. The Hall–Kier alpha value is -1.40. The summed E-state index contributed by atoms with van der Waals surface area (Å²) in [5, 5.41) is 11.0. The second-order valence-electron chi connectivity index (χ2n) is 4.78. The van der Waals surface area contributed by atoms with E-state index in [0.717, 1.165) is 5.76 Å². The number of ether oxygens (including phenoxy) is 2. The van der Waals surface area contributed by atoms with Gasteiger partial charge < -0.3 is 20.4 Å². The number of alkyl halides is 2. The molecule has 3 N–H and O–H groups in total. The van der Waals surface area contributed by atoms with E-state index in [1.54, 1.807) is 6.08 Å². The van der Waals surface area contributed by atoms with E-state index in [-0.39, 0.29) is 30.2 Å². The van der Waals surface area contributed by atoms with Crippen molar-refractivity contribution < 1.29 is 19.5 Å². The Kier molecular flexibility index (Phi) is 8.12. The van der Waals surface area contributed by atoms with Crippen LogP contribution in [0.5, 0.6) is 0 Å². The van der Waals surface area contributed by atoms with Crippen molar-refractivity contribution in [3.05, 3.63) is 24.0 Å². The van der Waals surface area contributed by atoms with Crippen molar-refractivity contribution >= 4 is 35.0 Å². The predicted molar refractivity (Wildman–Crippen MR) is 85.2 cm³/mol. The second kappa shape index (κ2) is 9.58. The van der Waals surface area contributed by atoms with Crippen LogP contribution in [0.25, 0.3) is 0 Å². The van der Waals surface area contributed by atoms with Crippen LogP contribution in [0.3, 0.4) is 0 Å². The van der Waals surface area contributed by atoms with Crippen molar-refractivity contribution in [2.75, 3.05) is 19.1 Å². The number of hydrogen-bond donors (Lipinski definition) is 2. The highest BCUT2D eigenvalue weighted by molar-refractivity contribution is 6.35. The first kappa shape index (κ1) is 18.6. The lowest BCUT2D eigenvalue weighted by Gasteiger charge is -2.25. The van der Waals surface area contributed by atoms with Crippen LogP contribution in [0.1, 0.15) is 13.3 Å². The highest BCUT2D eigenvalue weighted by Gasteiger charge is 2.25. The Labute approximate surface area is 139 Å². The molecule has 0 aliphatic heterocycles. The minimum Gasteiger partial charge on any atom is -0.497 e. The van der Waals surface area contributed by atoms with Gasteiger partial charge in [-0.1, -0.05) is 24.2 Å². The summed E-state index contributed by atoms with van der Waals surface area (Å²) in [5.41, 5.74) is 5.64. The number of oxime groups is 1. The van der Waals surface area contributed by atoms with Gasteiger partial charge in [0.25, 0.3) is 0 Å². The molecule has 1 aliphatic rings. The van der Waals surface area contributed by atoms with Crippen molar-refractivity contribution in [2.24, 2.45) is 22.7 Å². The summed E-state index contributed by atoms with van der Waals surface area (Å²) in [6.45, 7) is 2.52. The number of carbonyl (C=O) groups is 1. The van der Waals surface area contributed by atoms with Gasteiger partial charge in [-0.3, -0.25) is 4.79 Å². The van der Waals surface area contributed by atoms with E-state index in [1.807, 2.05) is 19.1 Å². The zero-order valence-corrected chi connectivity index (χ0v) is 13.8. The minimum atomic E-state index is -0.824. The number of nitrogens with zero attached hydrogens (tertiary/aromatic N) is 1. The molecule has 3 unspecified atom stereocenters. The molecule has 0 spiro atoms. The molecule has 0 aromatic carbocycles. The zero-order chi connectivity index (χ0) is 16.5. The molecule has 0 aromatic rings. The Morgan fingerprint density at radius 3 is 2.91 bits per heavy atom. The summed E-state index contributed by atoms with van der Waals surface area (Å²) in [6.07, 6.45) is 6.01. The van der Waals surface area contributed by atoms with E-state index in [9.17, 15) is 4.79 Å². The number of allylic oxidation sites excluding steroid dienone is 3. The zero-order valence-electron chi connectivity index (χ0n) is 12.2. The van der Waals surface area contributed by atoms with Crippen LogP contribution in [0, 0.1) is 11.8 Å². The van der Waals surface area contributed by atoms with Crippen molar-refractivity contribution in [1.29, 1.82) is 0 Å². The number of esters is 1. The SMILES string of the molecule is CC1C(OCCCOC(=O)C(Cl)CCl)=CC=CC1/C(N)=N/O. The third-order valence-electron chi connectivity index (χ3n) is 3.22. The minimum absolute atomic E-state index is 0.0167. The predicted octanol–water partition coefficient (Wildman–Crippen LogP) is 2.23. The molecule has 0 radical (unpaired) electrons. The first-order valence-corrected chi connectivity index (χ1v) is 7.83. The lowest BCUT2D eigenvalue weighted by molar-refractivity contribution is -0.143. The van der Waals surface area contributed by atoms with Gasteiger partial charge in [-0.05, 0) is 6.08 Å². The largest absolute Gasteiger partial charge is 0.497 e. The average molecular weight is 351 g/mol. The molecule has 0 heterocycles. The fourth-order valence-corrected chi connectivity index (χ4v) is 2.13. The van der Waals surface area contributed by atoms with Gasteiger partial charge in [0.2, 0.25) is 0 Å². The van der Waals surface area contributed by atoms with Gasteiger partial charge >= 0.3 is 5.97 Å². The first-order valence-electron chi connectivity index (χ1n) is 6.86. The summed E-state index contributed by atoms with van der Waals surface area (Å²) in [5.74, 6) is 0.123. The molecule has 0 aromatic heterocycles. The Balaban J connectivity index is 2.32. The van der Waals surface area contributed by atoms with Crippen LogP contribution in [0.15, 0.2) is 29.1 Å². The molecule has 0 saturated heterocycles. The first-order chi connectivity index (χ1) is 10.5. The molecule has 124 valence electrons. The number of nitrogens with two attached hydrogens (primary N) is 1. The van der Waals surface area contributed by atoms with Crippen molar-refractivity contribution in [2.45, 2.75) is 18.7 Å². The highest BCUT2D eigenvalue weighted by atomic mass is 35.5. The van der Waals surface area contributed by atoms with Gasteiger partial charge in [-0.25, -0.2) is 0 Å². The van der Waals surface area contributed by atoms with Crippen LogP contribution in [0.2, 0.25) is 0 Å². The van der Waals surface area contributed by atoms with E-state index >= 15 is 0 Å². The van der Waals surface area contributed by atoms with E-state index < -0.39 is 11.3 Å². The van der Waals surface area contributed by atoms with Gasteiger partial charge in [0, 0.05) is 24.1 Å². The number of amidine groups is 1. The Bertz CT molecular complexity index is 466. The lowest BCUT2D eigenvalue weighted by Crippen LogP contribution is -2.30. The van der Waals surface area contributed by atoms with Crippen LogP contribution >= 0.6 is 23.2 Å². The van der Waals surface area contributed by atoms with E-state index in [2.05, 4.69) is 5.16 Å². The van der Waals surface area contributed by atoms with Gasteiger partial charge in [0.1, 0.15) is 11.2 Å². The molecular formula is C14H20Cl2N2O4. The lowest BCUT2D eigenvalue weighted by atomic mass is 9.87. The number of halogens is 2. The summed E-state index contributed by atoms with van der Waals surface area (Å²) >= 11 is 11.1. The van der Waals surface area contributed by atoms with E-state index in [4.69, 9.17) is 43.6 Å². The number of carbonyl (C=O) groups excluding carboxylic acids is 1. The van der Waals surface area contributed by atoms with Crippen molar-refractivity contribution in [3.8, 4) is 0 Å². The van der Waals surface area contributed by atoms with E-state index in [1.165, 1.54) is 0 Å². The molecule has 22 heavy (non-hydrogen) atoms. The molecule has 8 heteroatoms. The van der Waals surface area contributed by atoms with Crippen LogP contribution in [-0.4, -0.2) is 41.5 Å². The van der Waals surface area contributed by atoms with Crippen molar-refractivity contribution in [1.82, 2.24) is 0 Å². The normalized spacial score (nSPS) is 22.9. The highest BCUT2D eigenvalue weighted by Crippen LogP contribution is 2.27. The molecule has 1 rings (SSSR count). The quantitative estimate of drug-likeness (QED) is 0.133. The van der Waals surface area contributed by atoms with Crippen molar-refractivity contribution in [3.63, 3.8) is 0 Å². The fraction of sp³-hybridized carbons (Fsp3) is 0.571. The maximum absolute atomic E-state index is 11.3. The molecule has 0 fully saturated rings. The third-order valence-corrected chi connectivity index (χ3v) is 4.02. The Morgan fingerprint density at radius 2 is 2.27 bits per heavy atom. The smallest absolute Gasteiger partial charge is 0.325 e. The summed E-state index contributed by atoms with van der Waals surface area (Å²) in [4.78, 5) is 11.3. The summed E-state index contributed by atoms with van der Waals surface area (Å²) in [6, 6.07) is 0. The van der Waals surface area contributed by atoms with E-state index in [0.29, 0.717) is 13.0 Å². The standard InChI is InChI=1S/C14H20Cl2N2O4/c1-9-10(13(17)18-20)4-2-5-12(9)21-6-3-7-22-14(19)11(16)8-15/h2,4-5,9-11,20H,3,6-8H2,1H3,(H2,17,18). The van der Waals surface area contributed by atoms with Gasteiger partial charge in [-0.2, -0.15) is 0 Å². The maximum atomic E-state index is 11.3. The third kappa shape index (κ3) is 5.42. The molecule has 6 nitrogen and oxygen atoms in total. The topological polar surface area (TPSA) is 94.1 Å². The molecule has 0 bridgehead atoms.